The Kier molecular flexibility index (Phi) is 6.00. The van der Waals surface area contributed by atoms with Gasteiger partial charge < -0.3 is 19.3 Å². The minimum atomic E-state index is -0.191. The highest BCUT2D eigenvalue weighted by molar-refractivity contribution is 5.70. The van der Waals surface area contributed by atoms with Gasteiger partial charge in [0.05, 0.1) is 38.6 Å². The van der Waals surface area contributed by atoms with E-state index in [4.69, 9.17) is 9.47 Å². The molecule has 0 aliphatic carbocycles. The number of morpholine rings is 1. The average Bonchev–Trinajstić information content (AvgIpc) is 2.56. The number of carbonyl (C=O) groups is 1. The monoisotopic (exact) mass is 307 g/mol. The molecule has 0 spiro atoms. The number of hydrogen-bond acceptors (Lipinski definition) is 6. The quantitative estimate of drug-likeness (QED) is 0.746. The van der Waals surface area contributed by atoms with Gasteiger partial charge in [0.1, 0.15) is 5.82 Å². The Morgan fingerprint density at radius 2 is 2.14 bits per heavy atom. The topological polar surface area (TPSA) is 54.9 Å². The van der Waals surface area contributed by atoms with Crippen LogP contribution in [-0.4, -0.2) is 57.0 Å². The lowest BCUT2D eigenvalue weighted by Gasteiger charge is -2.30. The maximum atomic E-state index is 11.3. The first-order chi connectivity index (χ1) is 10.6. The predicted octanol–water partition coefficient (Wildman–Crippen LogP) is 1.70. The number of anilines is 2. The fourth-order valence-corrected chi connectivity index (χ4v) is 2.53. The third-order valence-corrected chi connectivity index (χ3v) is 3.81. The Hall–Kier alpha value is -1.82. The molecule has 22 heavy (non-hydrogen) atoms. The van der Waals surface area contributed by atoms with Crippen LogP contribution < -0.4 is 9.80 Å². The van der Waals surface area contributed by atoms with Crippen molar-refractivity contribution in [2.24, 2.45) is 0 Å². The van der Waals surface area contributed by atoms with Crippen LogP contribution in [0.15, 0.2) is 18.3 Å². The summed E-state index contributed by atoms with van der Waals surface area (Å²) >= 11 is 0. The summed E-state index contributed by atoms with van der Waals surface area (Å²) in [5, 5.41) is 0. The van der Waals surface area contributed by atoms with Crippen molar-refractivity contribution in [3.05, 3.63) is 18.3 Å². The molecule has 1 aliphatic heterocycles. The van der Waals surface area contributed by atoms with Crippen LogP contribution in [-0.2, 0) is 14.3 Å². The van der Waals surface area contributed by atoms with E-state index in [2.05, 4.69) is 34.7 Å². The molecule has 0 radical (unpaired) electrons. The van der Waals surface area contributed by atoms with Crippen molar-refractivity contribution >= 4 is 17.5 Å². The molecule has 0 saturated carbocycles. The second kappa shape index (κ2) is 7.98. The van der Waals surface area contributed by atoms with E-state index in [0.717, 1.165) is 37.8 Å². The molecule has 0 bridgehead atoms. The second-order valence-corrected chi connectivity index (χ2v) is 5.59. The van der Waals surface area contributed by atoms with Crippen LogP contribution in [0.3, 0.4) is 0 Å². The Bertz CT molecular complexity index is 470. The lowest BCUT2D eigenvalue weighted by molar-refractivity contribution is -0.140. The molecular formula is C16H25N3O3. The number of nitrogens with zero attached hydrogens (tertiary/aromatic N) is 3. The van der Waals surface area contributed by atoms with Crippen LogP contribution in [0.4, 0.5) is 11.5 Å². The molecule has 2 heterocycles. The number of hydrogen-bond donors (Lipinski definition) is 0. The smallest absolute Gasteiger partial charge is 0.307 e. The number of pyridine rings is 1. The zero-order chi connectivity index (χ0) is 15.9. The molecule has 0 N–H and O–H groups in total. The van der Waals surface area contributed by atoms with E-state index < -0.39 is 0 Å². The molecular weight excluding hydrogens is 282 g/mol. The molecule has 6 nitrogen and oxygen atoms in total. The van der Waals surface area contributed by atoms with E-state index in [1.807, 2.05) is 12.3 Å². The van der Waals surface area contributed by atoms with Gasteiger partial charge in [-0.1, -0.05) is 0 Å². The summed E-state index contributed by atoms with van der Waals surface area (Å²) < 4.78 is 10.1. The first-order valence-electron chi connectivity index (χ1n) is 7.74. The molecule has 0 atom stereocenters. The number of carbonyl (C=O) groups excluding carboxylic acids is 1. The molecule has 2 rings (SSSR count). The Labute approximate surface area is 132 Å². The maximum absolute atomic E-state index is 11.3. The Balaban J connectivity index is 2.03. The van der Waals surface area contributed by atoms with Gasteiger partial charge in [-0.25, -0.2) is 4.98 Å². The number of rotatable bonds is 6. The molecule has 1 aliphatic rings. The van der Waals surface area contributed by atoms with Crippen molar-refractivity contribution in [1.29, 1.82) is 0 Å². The van der Waals surface area contributed by atoms with Gasteiger partial charge in [0, 0.05) is 25.7 Å². The standard InChI is InChI=1S/C16H25N3O3/c1-13(2)19(7-6-16(20)21-3)14-4-5-15(17-12-14)18-8-10-22-11-9-18/h4-5,12-13H,6-11H2,1-3H3. The lowest BCUT2D eigenvalue weighted by Crippen LogP contribution is -2.37. The summed E-state index contributed by atoms with van der Waals surface area (Å²) in [5.74, 6) is 0.785. The number of ether oxygens (including phenoxy) is 2. The molecule has 1 saturated heterocycles. The van der Waals surface area contributed by atoms with E-state index in [0.29, 0.717) is 19.0 Å². The lowest BCUT2D eigenvalue weighted by atomic mass is 10.2. The van der Waals surface area contributed by atoms with Gasteiger partial charge >= 0.3 is 5.97 Å². The minimum Gasteiger partial charge on any atom is -0.469 e. The zero-order valence-electron chi connectivity index (χ0n) is 13.6. The van der Waals surface area contributed by atoms with Crippen LogP contribution in [0.1, 0.15) is 20.3 Å². The zero-order valence-corrected chi connectivity index (χ0v) is 13.6. The summed E-state index contributed by atoms with van der Waals surface area (Å²) in [7, 11) is 1.42. The summed E-state index contributed by atoms with van der Waals surface area (Å²) in [6.07, 6.45) is 2.25. The molecule has 6 heteroatoms. The highest BCUT2D eigenvalue weighted by atomic mass is 16.5. The van der Waals surface area contributed by atoms with Gasteiger partial charge in [-0.05, 0) is 26.0 Å². The molecule has 0 aromatic carbocycles. The van der Waals surface area contributed by atoms with E-state index >= 15 is 0 Å². The second-order valence-electron chi connectivity index (χ2n) is 5.59. The van der Waals surface area contributed by atoms with E-state index in [9.17, 15) is 4.79 Å². The van der Waals surface area contributed by atoms with Crippen molar-refractivity contribution in [3.63, 3.8) is 0 Å². The molecule has 122 valence electrons. The van der Waals surface area contributed by atoms with Crippen molar-refractivity contribution < 1.29 is 14.3 Å². The normalized spacial score (nSPS) is 15.0. The van der Waals surface area contributed by atoms with Crippen molar-refractivity contribution in [2.75, 3.05) is 49.8 Å². The fraction of sp³-hybridized carbons (Fsp3) is 0.625. The van der Waals surface area contributed by atoms with Gasteiger partial charge in [-0.3, -0.25) is 4.79 Å². The minimum absolute atomic E-state index is 0.191. The summed E-state index contributed by atoms with van der Waals surface area (Å²) in [6, 6.07) is 4.39. The Morgan fingerprint density at radius 3 is 2.68 bits per heavy atom. The van der Waals surface area contributed by atoms with Crippen molar-refractivity contribution in [3.8, 4) is 0 Å². The SMILES string of the molecule is COC(=O)CCN(c1ccc(N2CCOCC2)nc1)C(C)C. The predicted molar refractivity (Wildman–Crippen MR) is 86.4 cm³/mol. The van der Waals surface area contributed by atoms with Crippen molar-refractivity contribution in [1.82, 2.24) is 4.98 Å². The third-order valence-electron chi connectivity index (χ3n) is 3.81. The van der Waals surface area contributed by atoms with E-state index in [1.165, 1.54) is 7.11 Å². The van der Waals surface area contributed by atoms with Crippen molar-refractivity contribution in [2.45, 2.75) is 26.3 Å². The van der Waals surface area contributed by atoms with Gasteiger partial charge in [0.2, 0.25) is 0 Å². The van der Waals surface area contributed by atoms with E-state index in [1.54, 1.807) is 0 Å². The first-order valence-corrected chi connectivity index (χ1v) is 7.74. The van der Waals surface area contributed by atoms with Gasteiger partial charge in [0.25, 0.3) is 0 Å². The number of esters is 1. The summed E-state index contributed by atoms with van der Waals surface area (Å²) in [6.45, 7) is 8.09. The summed E-state index contributed by atoms with van der Waals surface area (Å²) in [5.41, 5.74) is 1.02. The maximum Gasteiger partial charge on any atom is 0.307 e. The molecule has 1 aromatic heterocycles. The van der Waals surface area contributed by atoms with Crippen LogP contribution in [0.5, 0.6) is 0 Å². The molecule has 1 aromatic rings. The Morgan fingerprint density at radius 1 is 1.41 bits per heavy atom. The number of methoxy groups -OCH3 is 1. The molecule has 0 unspecified atom stereocenters. The average molecular weight is 307 g/mol. The highest BCUT2D eigenvalue weighted by Gasteiger charge is 2.15. The van der Waals surface area contributed by atoms with Gasteiger partial charge in [0.15, 0.2) is 0 Å². The first kappa shape index (κ1) is 16.5. The fourth-order valence-electron chi connectivity index (χ4n) is 2.53. The number of aromatic nitrogens is 1. The third kappa shape index (κ3) is 4.34. The van der Waals surface area contributed by atoms with Crippen LogP contribution in [0.2, 0.25) is 0 Å². The summed E-state index contributed by atoms with van der Waals surface area (Å²) in [4.78, 5) is 20.3. The van der Waals surface area contributed by atoms with Crippen LogP contribution in [0, 0.1) is 0 Å². The largest absolute Gasteiger partial charge is 0.469 e. The van der Waals surface area contributed by atoms with Crippen LogP contribution in [0.25, 0.3) is 0 Å². The molecule has 1 fully saturated rings. The van der Waals surface area contributed by atoms with E-state index in [-0.39, 0.29) is 5.97 Å². The molecule has 0 amide bonds. The van der Waals surface area contributed by atoms with Gasteiger partial charge in [-0.15, -0.1) is 0 Å². The highest BCUT2D eigenvalue weighted by Crippen LogP contribution is 2.20. The van der Waals surface area contributed by atoms with Gasteiger partial charge in [-0.2, -0.15) is 0 Å². The van der Waals surface area contributed by atoms with Crippen LogP contribution >= 0.6 is 0 Å².